The zero-order valence-electron chi connectivity index (χ0n) is 20.2. The minimum atomic E-state index is -0.969. The van der Waals surface area contributed by atoms with Crippen LogP contribution in [0.15, 0.2) is 52.7 Å². The SMILES string of the molecule is CCOC(=O)C1=C(C)NC(SCc2ccc(C(=O)O)cc2)=N[C@@H]1c1cc(OC)c(OC)c(OC)c1. The van der Waals surface area contributed by atoms with Crippen LogP contribution in [0.1, 0.15) is 41.4 Å². The van der Waals surface area contributed by atoms with Crippen molar-refractivity contribution in [2.75, 3.05) is 27.9 Å². The molecular formula is C25H28N2O7S. The Labute approximate surface area is 208 Å². The number of methoxy groups -OCH3 is 3. The highest BCUT2D eigenvalue weighted by Gasteiger charge is 2.32. The predicted octanol–water partition coefficient (Wildman–Crippen LogP) is 4.18. The van der Waals surface area contributed by atoms with Gasteiger partial charge in [-0.15, -0.1) is 0 Å². The summed E-state index contributed by atoms with van der Waals surface area (Å²) in [6.45, 7) is 3.78. The summed E-state index contributed by atoms with van der Waals surface area (Å²) < 4.78 is 21.7. The van der Waals surface area contributed by atoms with Crippen LogP contribution in [0.4, 0.5) is 0 Å². The summed E-state index contributed by atoms with van der Waals surface area (Å²) in [4.78, 5) is 28.8. The maximum absolute atomic E-state index is 12.9. The van der Waals surface area contributed by atoms with Gasteiger partial charge in [0.2, 0.25) is 5.75 Å². The second kappa shape index (κ2) is 11.7. The topological polar surface area (TPSA) is 116 Å². The van der Waals surface area contributed by atoms with Crippen LogP contribution in [0, 0.1) is 0 Å². The third kappa shape index (κ3) is 5.89. The van der Waals surface area contributed by atoms with E-state index in [4.69, 9.17) is 29.0 Å². The van der Waals surface area contributed by atoms with Gasteiger partial charge in [0.15, 0.2) is 16.7 Å². The van der Waals surface area contributed by atoms with E-state index in [0.29, 0.717) is 45.0 Å². The molecule has 0 saturated heterocycles. The van der Waals surface area contributed by atoms with Gasteiger partial charge >= 0.3 is 11.9 Å². The number of carbonyl (C=O) groups excluding carboxylic acids is 1. The van der Waals surface area contributed by atoms with Crippen LogP contribution in [-0.2, 0) is 15.3 Å². The number of thioether (sulfide) groups is 1. The lowest BCUT2D eigenvalue weighted by Crippen LogP contribution is -2.30. The molecule has 0 amide bonds. The van der Waals surface area contributed by atoms with Gasteiger partial charge in [-0.2, -0.15) is 0 Å². The van der Waals surface area contributed by atoms with Crippen molar-refractivity contribution in [2.45, 2.75) is 25.6 Å². The monoisotopic (exact) mass is 500 g/mol. The highest BCUT2D eigenvalue weighted by Crippen LogP contribution is 2.43. The van der Waals surface area contributed by atoms with Gasteiger partial charge in [-0.25, -0.2) is 14.6 Å². The minimum Gasteiger partial charge on any atom is -0.493 e. The number of aliphatic imine (C=N–C) groups is 1. The van der Waals surface area contributed by atoms with Gasteiger partial charge in [0.25, 0.3) is 0 Å². The van der Waals surface area contributed by atoms with Crippen molar-refractivity contribution >= 4 is 28.9 Å². The molecule has 2 aromatic carbocycles. The Hall–Kier alpha value is -3.66. The number of benzene rings is 2. The molecule has 3 rings (SSSR count). The smallest absolute Gasteiger partial charge is 0.338 e. The Morgan fingerprint density at radius 2 is 1.69 bits per heavy atom. The highest BCUT2D eigenvalue weighted by atomic mass is 32.2. The number of carbonyl (C=O) groups is 2. The molecular weight excluding hydrogens is 472 g/mol. The molecule has 9 nitrogen and oxygen atoms in total. The number of amidine groups is 1. The molecule has 10 heteroatoms. The molecule has 1 heterocycles. The molecule has 0 aliphatic carbocycles. The van der Waals surface area contributed by atoms with Crippen LogP contribution in [0.2, 0.25) is 0 Å². The third-order valence-electron chi connectivity index (χ3n) is 5.29. The molecule has 2 N–H and O–H groups in total. The van der Waals surface area contributed by atoms with Gasteiger partial charge < -0.3 is 29.4 Å². The van der Waals surface area contributed by atoms with Crippen molar-refractivity contribution in [3.63, 3.8) is 0 Å². The summed E-state index contributed by atoms with van der Waals surface area (Å²) in [6.07, 6.45) is 0. The number of esters is 1. The molecule has 0 bridgehead atoms. The Bertz CT molecular complexity index is 1130. The number of carboxylic acid groups (broad SMARTS) is 1. The first-order valence-corrected chi connectivity index (χ1v) is 11.8. The Morgan fingerprint density at radius 3 is 2.20 bits per heavy atom. The first kappa shape index (κ1) is 26.0. The summed E-state index contributed by atoms with van der Waals surface area (Å²) in [5.74, 6) is 0.453. The molecule has 2 aromatic rings. The number of hydrogen-bond acceptors (Lipinski definition) is 9. The summed E-state index contributed by atoms with van der Waals surface area (Å²) in [7, 11) is 4.57. The van der Waals surface area contributed by atoms with E-state index in [9.17, 15) is 9.59 Å². The van der Waals surface area contributed by atoms with E-state index >= 15 is 0 Å². The predicted molar refractivity (Wildman–Crippen MR) is 133 cm³/mol. The number of rotatable bonds is 9. The normalized spacial score (nSPS) is 15.1. The van der Waals surface area contributed by atoms with Crippen molar-refractivity contribution in [1.82, 2.24) is 5.32 Å². The third-order valence-corrected chi connectivity index (χ3v) is 6.25. The molecule has 0 aromatic heterocycles. The number of hydrogen-bond donors (Lipinski definition) is 2. The summed E-state index contributed by atoms with van der Waals surface area (Å²) in [5.41, 5.74) is 2.85. The molecule has 0 unspecified atom stereocenters. The molecule has 0 radical (unpaired) electrons. The number of allylic oxidation sites excluding steroid dienone is 1. The van der Waals surface area contributed by atoms with Crippen LogP contribution < -0.4 is 19.5 Å². The molecule has 0 fully saturated rings. The number of ether oxygens (including phenoxy) is 4. The largest absolute Gasteiger partial charge is 0.493 e. The fourth-order valence-corrected chi connectivity index (χ4v) is 4.49. The quantitative estimate of drug-likeness (QED) is 0.489. The molecule has 0 spiro atoms. The minimum absolute atomic E-state index is 0.229. The Balaban J connectivity index is 1.97. The van der Waals surface area contributed by atoms with Crippen molar-refractivity contribution in [2.24, 2.45) is 4.99 Å². The van der Waals surface area contributed by atoms with Crippen molar-refractivity contribution in [1.29, 1.82) is 0 Å². The number of carboxylic acids is 1. The summed E-state index contributed by atoms with van der Waals surface area (Å²) in [6, 6.07) is 9.53. The zero-order valence-corrected chi connectivity index (χ0v) is 21.0. The van der Waals surface area contributed by atoms with Crippen LogP contribution >= 0.6 is 11.8 Å². The second-order valence-corrected chi connectivity index (χ2v) is 8.43. The Morgan fingerprint density at radius 1 is 1.06 bits per heavy atom. The van der Waals surface area contributed by atoms with Gasteiger partial charge in [-0.3, -0.25) is 0 Å². The van der Waals surface area contributed by atoms with Crippen LogP contribution in [0.25, 0.3) is 0 Å². The van der Waals surface area contributed by atoms with Crippen LogP contribution in [0.5, 0.6) is 17.2 Å². The van der Waals surface area contributed by atoms with E-state index in [1.54, 1.807) is 50.2 Å². The van der Waals surface area contributed by atoms with E-state index in [-0.39, 0.29) is 12.2 Å². The first-order chi connectivity index (χ1) is 16.8. The Kier molecular flexibility index (Phi) is 8.64. The van der Waals surface area contributed by atoms with E-state index < -0.39 is 18.0 Å². The average molecular weight is 501 g/mol. The molecule has 1 aliphatic heterocycles. The fourth-order valence-electron chi connectivity index (χ4n) is 3.59. The van der Waals surface area contributed by atoms with Crippen molar-refractivity contribution < 1.29 is 33.6 Å². The summed E-state index contributed by atoms with van der Waals surface area (Å²) in [5, 5.41) is 12.9. The second-order valence-electron chi connectivity index (χ2n) is 7.47. The van der Waals surface area contributed by atoms with Crippen molar-refractivity contribution in [3.05, 3.63) is 64.4 Å². The molecule has 0 saturated carbocycles. The first-order valence-electron chi connectivity index (χ1n) is 10.8. The number of nitrogens with zero attached hydrogens (tertiary/aromatic N) is 1. The lowest BCUT2D eigenvalue weighted by atomic mass is 9.96. The average Bonchev–Trinajstić information content (AvgIpc) is 2.86. The lowest BCUT2D eigenvalue weighted by molar-refractivity contribution is -0.138. The van der Waals surface area contributed by atoms with Crippen LogP contribution in [-0.4, -0.2) is 50.1 Å². The van der Waals surface area contributed by atoms with Crippen molar-refractivity contribution in [3.8, 4) is 17.2 Å². The zero-order chi connectivity index (χ0) is 25.5. The standard InChI is InChI=1S/C25H28N2O7S/c1-6-34-24(30)20-14(2)26-25(35-13-15-7-9-16(10-8-15)23(28)29)27-21(20)17-11-18(31-3)22(33-5)19(12-17)32-4/h7-12,21H,6,13H2,1-5H3,(H,26,27)(H,28,29)/t21-/m1/s1. The van der Waals surface area contributed by atoms with Gasteiger partial charge in [0.05, 0.1) is 39.1 Å². The number of aromatic carboxylic acids is 1. The highest BCUT2D eigenvalue weighted by molar-refractivity contribution is 8.13. The fraction of sp³-hybridized carbons (Fsp3) is 0.320. The molecule has 35 heavy (non-hydrogen) atoms. The maximum atomic E-state index is 12.9. The van der Waals surface area contributed by atoms with E-state index in [2.05, 4.69) is 5.32 Å². The number of nitrogens with one attached hydrogen (secondary N) is 1. The van der Waals surface area contributed by atoms with Gasteiger partial charge in [-0.1, -0.05) is 23.9 Å². The summed E-state index contributed by atoms with van der Waals surface area (Å²) >= 11 is 1.44. The van der Waals surface area contributed by atoms with E-state index in [1.807, 2.05) is 0 Å². The molecule has 1 atom stereocenters. The molecule has 186 valence electrons. The molecule has 1 aliphatic rings. The lowest BCUT2D eigenvalue weighted by Gasteiger charge is -2.26. The van der Waals surface area contributed by atoms with Crippen LogP contribution in [0.3, 0.4) is 0 Å². The van der Waals surface area contributed by atoms with E-state index in [1.165, 1.54) is 33.1 Å². The van der Waals surface area contributed by atoms with E-state index in [0.717, 1.165) is 5.56 Å². The van der Waals surface area contributed by atoms with Gasteiger partial charge in [0.1, 0.15) is 6.04 Å². The maximum Gasteiger partial charge on any atom is 0.338 e. The van der Waals surface area contributed by atoms with Gasteiger partial charge in [-0.05, 0) is 49.2 Å². The van der Waals surface area contributed by atoms with Gasteiger partial charge in [0, 0.05) is 11.4 Å².